The number of hydrogen-bond donors (Lipinski definition) is 2. The number of fused-ring (bicyclic) bond motifs is 3. The fourth-order valence-corrected chi connectivity index (χ4v) is 4.39. The van der Waals surface area contributed by atoms with Crippen LogP contribution >= 0.6 is 0 Å². The monoisotopic (exact) mass is 450 g/mol. The molecule has 0 saturated carbocycles. The molecule has 0 radical (unpaired) electrons. The maximum Gasteiger partial charge on any atom is 0.407 e. The lowest BCUT2D eigenvalue weighted by Gasteiger charge is -2.33. The maximum absolute atomic E-state index is 12.9. The number of rotatable bonds is 7. The number of carboxylic acids is 1. The molecule has 2 aromatic carbocycles. The summed E-state index contributed by atoms with van der Waals surface area (Å²) in [6.45, 7) is 4.09. The Labute approximate surface area is 191 Å². The molecular weight excluding hydrogens is 424 g/mol. The highest BCUT2D eigenvalue weighted by Gasteiger charge is 2.33. The van der Waals surface area contributed by atoms with Gasteiger partial charge in [-0.1, -0.05) is 54.6 Å². The molecule has 2 N–H and O–H groups in total. The van der Waals surface area contributed by atoms with Gasteiger partial charge in [0.15, 0.2) is 6.10 Å². The maximum atomic E-state index is 12.9. The molecule has 2 aromatic rings. The van der Waals surface area contributed by atoms with Gasteiger partial charge in [0, 0.05) is 12.5 Å². The smallest absolute Gasteiger partial charge is 0.407 e. The van der Waals surface area contributed by atoms with Crippen LogP contribution in [0.3, 0.4) is 0 Å². The minimum atomic E-state index is -1.13. The molecule has 172 valence electrons. The van der Waals surface area contributed by atoms with E-state index in [-0.39, 0.29) is 38.6 Å². The zero-order valence-electron chi connectivity index (χ0n) is 18.1. The number of ether oxygens (including phenoxy) is 2. The van der Waals surface area contributed by atoms with Crippen molar-refractivity contribution in [3.05, 3.63) is 72.3 Å². The summed E-state index contributed by atoms with van der Waals surface area (Å²) < 4.78 is 10.7. The van der Waals surface area contributed by atoms with Crippen LogP contribution in [0.1, 0.15) is 23.5 Å². The van der Waals surface area contributed by atoms with Crippen molar-refractivity contribution in [1.82, 2.24) is 10.2 Å². The minimum absolute atomic E-state index is 0.0752. The van der Waals surface area contributed by atoms with Gasteiger partial charge < -0.3 is 24.8 Å². The highest BCUT2D eigenvalue weighted by molar-refractivity contribution is 5.87. The van der Waals surface area contributed by atoms with Gasteiger partial charge in [-0.15, -0.1) is 6.58 Å². The summed E-state index contributed by atoms with van der Waals surface area (Å²) >= 11 is 0. The van der Waals surface area contributed by atoms with Crippen molar-refractivity contribution in [3.63, 3.8) is 0 Å². The first-order chi connectivity index (χ1) is 16.0. The molecule has 8 nitrogen and oxygen atoms in total. The third-order valence-electron chi connectivity index (χ3n) is 5.99. The van der Waals surface area contributed by atoms with Crippen LogP contribution in [0, 0.1) is 0 Å². The third kappa shape index (κ3) is 4.75. The van der Waals surface area contributed by atoms with Crippen molar-refractivity contribution in [2.45, 2.75) is 24.5 Å². The van der Waals surface area contributed by atoms with E-state index in [1.54, 1.807) is 0 Å². The lowest BCUT2D eigenvalue weighted by Crippen LogP contribution is -2.55. The predicted octanol–water partition coefficient (Wildman–Crippen LogP) is 2.78. The van der Waals surface area contributed by atoms with Crippen LogP contribution in [0.4, 0.5) is 4.79 Å². The summed E-state index contributed by atoms with van der Waals surface area (Å²) in [6, 6.07) is 15.2. The van der Waals surface area contributed by atoms with Crippen LogP contribution in [0.2, 0.25) is 0 Å². The Morgan fingerprint density at radius 3 is 2.39 bits per heavy atom. The summed E-state index contributed by atoms with van der Waals surface area (Å²) in [7, 11) is 0. The Morgan fingerprint density at radius 2 is 1.79 bits per heavy atom. The number of nitrogens with one attached hydrogen (secondary N) is 1. The second kappa shape index (κ2) is 9.87. The van der Waals surface area contributed by atoms with Gasteiger partial charge in [0.05, 0.1) is 13.2 Å². The third-order valence-corrected chi connectivity index (χ3v) is 5.99. The van der Waals surface area contributed by atoms with Gasteiger partial charge in [0.1, 0.15) is 12.6 Å². The number of hydrogen-bond acceptors (Lipinski definition) is 5. The van der Waals surface area contributed by atoms with Crippen LogP contribution < -0.4 is 5.32 Å². The van der Waals surface area contributed by atoms with Crippen LogP contribution in [0.15, 0.2) is 61.2 Å². The molecular formula is C25H26N2O6. The Morgan fingerprint density at radius 1 is 1.15 bits per heavy atom. The van der Waals surface area contributed by atoms with Gasteiger partial charge in [-0.25, -0.2) is 9.59 Å². The van der Waals surface area contributed by atoms with E-state index in [9.17, 15) is 14.4 Å². The van der Waals surface area contributed by atoms with Crippen molar-refractivity contribution < 1.29 is 29.0 Å². The van der Waals surface area contributed by atoms with E-state index in [0.29, 0.717) is 0 Å². The normalized spacial score (nSPS) is 18.1. The van der Waals surface area contributed by atoms with Crippen LogP contribution in [0.5, 0.6) is 0 Å². The summed E-state index contributed by atoms with van der Waals surface area (Å²) in [5, 5.41) is 11.8. The number of morpholine rings is 1. The zero-order chi connectivity index (χ0) is 23.4. The van der Waals surface area contributed by atoms with Crippen molar-refractivity contribution in [3.8, 4) is 11.1 Å². The molecule has 2 atom stereocenters. The molecule has 1 heterocycles. The first-order valence-electron chi connectivity index (χ1n) is 10.8. The fourth-order valence-electron chi connectivity index (χ4n) is 4.39. The largest absolute Gasteiger partial charge is 0.479 e. The van der Waals surface area contributed by atoms with Crippen LogP contribution in [-0.4, -0.2) is 66.4 Å². The molecule has 1 aliphatic heterocycles. The van der Waals surface area contributed by atoms with E-state index in [4.69, 9.17) is 14.6 Å². The van der Waals surface area contributed by atoms with Gasteiger partial charge in [-0.2, -0.15) is 0 Å². The Hall–Kier alpha value is -3.65. The number of amides is 2. The molecule has 1 saturated heterocycles. The van der Waals surface area contributed by atoms with E-state index >= 15 is 0 Å². The first kappa shape index (κ1) is 22.5. The SMILES string of the molecule is C=CCC(NC(=O)OCC1c2ccccc2-c2ccccc21)C(=O)N1CCOC(C(=O)O)C1. The van der Waals surface area contributed by atoms with Crippen molar-refractivity contribution in [2.24, 2.45) is 0 Å². The van der Waals surface area contributed by atoms with E-state index in [1.807, 2.05) is 36.4 Å². The standard InChI is InChI=1S/C25H26N2O6/c1-2-7-21(23(28)27-12-13-32-22(14-27)24(29)30)26-25(31)33-15-20-18-10-5-3-8-16(18)17-9-4-6-11-19(17)20/h2-6,8-11,20-22H,1,7,12-15H2,(H,26,31)(H,29,30). The highest BCUT2D eigenvalue weighted by atomic mass is 16.5. The molecule has 2 unspecified atom stereocenters. The number of carboxylic acid groups (broad SMARTS) is 1. The Kier molecular flexibility index (Phi) is 6.74. The van der Waals surface area contributed by atoms with E-state index in [0.717, 1.165) is 22.3 Å². The molecule has 2 amide bonds. The first-order valence-corrected chi connectivity index (χ1v) is 10.8. The molecule has 2 aliphatic rings. The molecule has 1 fully saturated rings. The second-order valence-corrected chi connectivity index (χ2v) is 8.03. The van der Waals surface area contributed by atoms with Crippen LogP contribution in [0.25, 0.3) is 11.1 Å². The van der Waals surface area contributed by atoms with Gasteiger partial charge in [0.25, 0.3) is 0 Å². The minimum Gasteiger partial charge on any atom is -0.479 e. The number of benzene rings is 2. The van der Waals surface area contributed by atoms with Gasteiger partial charge in [-0.05, 0) is 28.7 Å². The molecule has 4 rings (SSSR count). The Balaban J connectivity index is 1.40. The number of nitrogens with zero attached hydrogens (tertiary/aromatic N) is 1. The van der Waals surface area contributed by atoms with E-state index in [2.05, 4.69) is 24.0 Å². The highest BCUT2D eigenvalue weighted by Crippen LogP contribution is 2.44. The van der Waals surface area contributed by atoms with Gasteiger partial charge in [-0.3, -0.25) is 4.79 Å². The Bertz CT molecular complexity index is 1020. The lowest BCUT2D eigenvalue weighted by atomic mass is 9.98. The lowest BCUT2D eigenvalue weighted by molar-refractivity contribution is -0.159. The van der Waals surface area contributed by atoms with E-state index in [1.165, 1.54) is 11.0 Å². The van der Waals surface area contributed by atoms with Crippen molar-refractivity contribution in [1.29, 1.82) is 0 Å². The zero-order valence-corrected chi connectivity index (χ0v) is 18.1. The summed E-state index contributed by atoms with van der Waals surface area (Å²) in [4.78, 5) is 38.2. The molecule has 0 aromatic heterocycles. The topological polar surface area (TPSA) is 105 Å². The number of aliphatic carboxylic acids is 1. The molecule has 0 bridgehead atoms. The van der Waals surface area contributed by atoms with Crippen LogP contribution in [-0.2, 0) is 19.1 Å². The number of carbonyl (C=O) groups excluding carboxylic acids is 2. The molecule has 0 spiro atoms. The molecule has 33 heavy (non-hydrogen) atoms. The summed E-state index contributed by atoms with van der Waals surface area (Å²) in [6.07, 6.45) is -0.0684. The second-order valence-electron chi connectivity index (χ2n) is 8.03. The summed E-state index contributed by atoms with van der Waals surface area (Å²) in [5.74, 6) is -1.61. The van der Waals surface area contributed by atoms with Crippen molar-refractivity contribution >= 4 is 18.0 Å². The average molecular weight is 450 g/mol. The number of alkyl carbamates (subject to hydrolysis) is 1. The van der Waals surface area contributed by atoms with Gasteiger partial charge >= 0.3 is 12.1 Å². The van der Waals surface area contributed by atoms with Crippen molar-refractivity contribution in [2.75, 3.05) is 26.3 Å². The quantitative estimate of drug-likeness (QED) is 0.629. The average Bonchev–Trinajstić information content (AvgIpc) is 3.16. The van der Waals surface area contributed by atoms with E-state index < -0.39 is 30.1 Å². The predicted molar refractivity (Wildman–Crippen MR) is 121 cm³/mol. The van der Waals surface area contributed by atoms with Gasteiger partial charge in [0.2, 0.25) is 5.91 Å². The molecule has 8 heteroatoms. The fraction of sp³-hybridized carbons (Fsp3) is 0.320. The summed E-state index contributed by atoms with van der Waals surface area (Å²) in [5.41, 5.74) is 4.45. The molecule has 1 aliphatic carbocycles. The number of carbonyl (C=O) groups is 3.